The van der Waals surface area contributed by atoms with Gasteiger partial charge in [-0.2, -0.15) is 0 Å². The van der Waals surface area contributed by atoms with Gasteiger partial charge in [0, 0.05) is 35.9 Å². The molecule has 0 fully saturated rings. The number of halogens is 1. The number of hydrogen-bond acceptors (Lipinski definition) is 5. The molecule has 0 unspecified atom stereocenters. The van der Waals surface area contributed by atoms with Crippen molar-refractivity contribution in [3.05, 3.63) is 70.4 Å². The van der Waals surface area contributed by atoms with Gasteiger partial charge in [0.2, 0.25) is 0 Å². The molecule has 5 rings (SSSR count). The molecule has 188 valence electrons. The van der Waals surface area contributed by atoms with Crippen LogP contribution < -0.4 is 5.32 Å². The van der Waals surface area contributed by atoms with Crippen LogP contribution in [0.1, 0.15) is 56.5 Å². The molecule has 7 nitrogen and oxygen atoms in total. The zero-order valence-electron chi connectivity index (χ0n) is 21.2. The lowest BCUT2D eigenvalue weighted by molar-refractivity contribution is 0.0270. The summed E-state index contributed by atoms with van der Waals surface area (Å²) in [5.41, 5.74) is 7.27. The molecule has 0 saturated heterocycles. The summed E-state index contributed by atoms with van der Waals surface area (Å²) in [6.07, 6.45) is 3.52. The molecule has 8 heteroatoms. The van der Waals surface area contributed by atoms with Crippen molar-refractivity contribution in [3.63, 3.8) is 0 Å². The maximum Gasteiger partial charge on any atom is 0.410 e. The third-order valence-corrected chi connectivity index (χ3v) is 6.85. The van der Waals surface area contributed by atoms with Crippen molar-refractivity contribution in [2.75, 3.05) is 18.4 Å². The first kappa shape index (κ1) is 24.4. The largest absolute Gasteiger partial charge is 0.444 e. The van der Waals surface area contributed by atoms with E-state index in [1.54, 1.807) is 4.90 Å². The molecule has 36 heavy (non-hydrogen) atoms. The number of rotatable bonds is 3. The second kappa shape index (κ2) is 9.62. The van der Waals surface area contributed by atoms with Crippen LogP contribution in [0.2, 0.25) is 5.02 Å². The number of carbonyl (C=O) groups is 1. The monoisotopic (exact) mass is 505 g/mol. The van der Waals surface area contributed by atoms with Crippen LogP contribution in [0, 0.1) is 6.92 Å². The van der Waals surface area contributed by atoms with Crippen LogP contribution in [-0.2, 0) is 11.3 Å². The first-order chi connectivity index (χ1) is 17.2. The van der Waals surface area contributed by atoms with E-state index in [2.05, 4.69) is 39.9 Å². The minimum atomic E-state index is -0.497. The summed E-state index contributed by atoms with van der Waals surface area (Å²) in [7, 11) is 0. The minimum Gasteiger partial charge on any atom is -0.444 e. The molecular formula is C28H32ClN5O2. The lowest BCUT2D eigenvalue weighted by Gasteiger charge is -2.30. The fourth-order valence-corrected chi connectivity index (χ4v) is 5.11. The summed E-state index contributed by atoms with van der Waals surface area (Å²) in [6, 6.07) is 14.6. The number of nitrogens with zero attached hydrogens (tertiary/aromatic N) is 4. The van der Waals surface area contributed by atoms with Crippen LogP contribution in [0.5, 0.6) is 0 Å². The van der Waals surface area contributed by atoms with Gasteiger partial charge in [-0.05, 0) is 81.5 Å². The van der Waals surface area contributed by atoms with Crippen molar-refractivity contribution in [2.45, 2.75) is 58.7 Å². The van der Waals surface area contributed by atoms with Gasteiger partial charge in [-0.3, -0.25) is 0 Å². The van der Waals surface area contributed by atoms with Crippen LogP contribution in [0.15, 0.2) is 48.5 Å². The van der Waals surface area contributed by atoms with Gasteiger partial charge in [0.25, 0.3) is 0 Å². The minimum absolute atomic E-state index is 0.0852. The summed E-state index contributed by atoms with van der Waals surface area (Å²) in [5, 5.41) is 13.1. The topological polar surface area (TPSA) is 72.3 Å². The van der Waals surface area contributed by atoms with Crippen LogP contribution in [0.4, 0.5) is 10.5 Å². The Labute approximate surface area is 217 Å². The number of hydrogen-bond donors (Lipinski definition) is 1. The molecule has 3 aromatic rings. The number of carbonyl (C=O) groups excluding carboxylic acids is 1. The SMILES string of the molecule is Cc1nnn2c1-c1ccc(C3=CCN(C(=O)OC(C)(C)C)CC3)cc1[C@H](Nc1cccc(Cl)c1)CC2. The Bertz CT molecular complexity index is 1320. The molecule has 0 spiro atoms. The van der Waals surface area contributed by atoms with Gasteiger partial charge >= 0.3 is 6.09 Å². The van der Waals surface area contributed by atoms with E-state index in [0.29, 0.717) is 18.1 Å². The molecule has 2 aliphatic rings. The van der Waals surface area contributed by atoms with Crippen LogP contribution in [-0.4, -0.2) is 44.7 Å². The molecule has 0 saturated carbocycles. The number of fused-ring (bicyclic) bond motifs is 3. The first-order valence-electron chi connectivity index (χ1n) is 12.4. The maximum absolute atomic E-state index is 12.5. The van der Waals surface area contributed by atoms with Crippen molar-refractivity contribution < 1.29 is 9.53 Å². The van der Waals surface area contributed by atoms with E-state index >= 15 is 0 Å². The zero-order valence-corrected chi connectivity index (χ0v) is 22.0. The summed E-state index contributed by atoms with van der Waals surface area (Å²) in [5.74, 6) is 0. The number of aryl methyl sites for hydroxylation is 2. The van der Waals surface area contributed by atoms with E-state index in [4.69, 9.17) is 16.3 Å². The predicted octanol–water partition coefficient (Wildman–Crippen LogP) is 6.49. The highest BCUT2D eigenvalue weighted by Gasteiger charge is 2.27. The quantitative estimate of drug-likeness (QED) is 0.440. The second-order valence-corrected chi connectivity index (χ2v) is 10.9. The lowest BCUT2D eigenvalue weighted by Crippen LogP contribution is -2.39. The van der Waals surface area contributed by atoms with E-state index in [9.17, 15) is 4.79 Å². The average molecular weight is 506 g/mol. The molecule has 2 aromatic carbocycles. The van der Waals surface area contributed by atoms with Crippen LogP contribution >= 0.6 is 11.6 Å². The van der Waals surface area contributed by atoms with Gasteiger partial charge in [0.1, 0.15) is 5.60 Å². The van der Waals surface area contributed by atoms with Crippen LogP contribution in [0.3, 0.4) is 0 Å². The van der Waals surface area contributed by atoms with Gasteiger partial charge in [-0.15, -0.1) is 5.10 Å². The normalized spacial score (nSPS) is 17.5. The van der Waals surface area contributed by atoms with E-state index in [1.807, 2.05) is 56.6 Å². The highest BCUT2D eigenvalue weighted by atomic mass is 35.5. The second-order valence-electron chi connectivity index (χ2n) is 10.5. The van der Waals surface area contributed by atoms with Crippen molar-refractivity contribution >= 4 is 29.0 Å². The van der Waals surface area contributed by atoms with Crippen molar-refractivity contribution in [1.29, 1.82) is 0 Å². The molecule has 2 aliphatic heterocycles. The number of ether oxygens (including phenoxy) is 1. The van der Waals surface area contributed by atoms with E-state index in [0.717, 1.165) is 42.0 Å². The van der Waals surface area contributed by atoms with E-state index in [-0.39, 0.29) is 12.1 Å². The number of nitrogens with one attached hydrogen (secondary N) is 1. The van der Waals surface area contributed by atoms with Crippen molar-refractivity contribution in [1.82, 2.24) is 19.9 Å². The summed E-state index contributed by atoms with van der Waals surface area (Å²) in [6.45, 7) is 9.63. The standard InChI is InChI=1S/C28H32ClN5O2/c1-18-26-23-9-8-20(19-10-13-33(14-11-19)27(35)36-28(2,3)4)16-24(23)25(12-15-34(26)32-31-18)30-22-7-5-6-21(29)17-22/h5-10,16-17,25,30H,11-15H2,1-4H3/t25-/m1/s1. The number of benzene rings is 2. The Morgan fingerprint density at radius 3 is 2.72 bits per heavy atom. The third kappa shape index (κ3) is 5.12. The number of amides is 1. The Kier molecular flexibility index (Phi) is 6.51. The predicted molar refractivity (Wildman–Crippen MR) is 143 cm³/mol. The molecule has 0 bridgehead atoms. The van der Waals surface area contributed by atoms with E-state index in [1.165, 1.54) is 16.7 Å². The summed E-state index contributed by atoms with van der Waals surface area (Å²) in [4.78, 5) is 14.3. The highest BCUT2D eigenvalue weighted by Crippen LogP contribution is 2.39. The summed E-state index contributed by atoms with van der Waals surface area (Å²) >= 11 is 6.26. The Balaban J connectivity index is 1.46. The molecule has 1 atom stereocenters. The van der Waals surface area contributed by atoms with Gasteiger partial charge in [-0.1, -0.05) is 41.1 Å². The van der Waals surface area contributed by atoms with Gasteiger partial charge in [0.05, 0.1) is 17.4 Å². The van der Waals surface area contributed by atoms with Gasteiger partial charge < -0.3 is 15.0 Å². The smallest absolute Gasteiger partial charge is 0.410 e. The number of aromatic nitrogens is 3. The van der Waals surface area contributed by atoms with Crippen molar-refractivity contribution in [2.24, 2.45) is 0 Å². The highest BCUT2D eigenvalue weighted by molar-refractivity contribution is 6.30. The molecule has 1 aromatic heterocycles. The average Bonchev–Trinajstić information content (AvgIpc) is 3.12. The molecule has 1 N–H and O–H groups in total. The molecule has 3 heterocycles. The van der Waals surface area contributed by atoms with Gasteiger partial charge in [-0.25, -0.2) is 9.48 Å². The first-order valence-corrected chi connectivity index (χ1v) is 12.8. The molecule has 1 amide bonds. The fraction of sp³-hybridized carbons (Fsp3) is 0.393. The Hall–Kier alpha value is -3.32. The lowest BCUT2D eigenvalue weighted by atomic mass is 9.90. The maximum atomic E-state index is 12.5. The van der Waals surface area contributed by atoms with Crippen molar-refractivity contribution in [3.8, 4) is 11.3 Å². The Morgan fingerprint density at radius 2 is 2.00 bits per heavy atom. The fourth-order valence-electron chi connectivity index (χ4n) is 4.92. The van der Waals surface area contributed by atoms with E-state index < -0.39 is 5.60 Å². The van der Waals surface area contributed by atoms with Crippen LogP contribution in [0.25, 0.3) is 16.8 Å². The zero-order chi connectivity index (χ0) is 25.4. The summed E-state index contributed by atoms with van der Waals surface area (Å²) < 4.78 is 7.55. The molecular weight excluding hydrogens is 474 g/mol. The molecule has 0 radical (unpaired) electrons. The number of anilines is 1. The molecule has 0 aliphatic carbocycles. The third-order valence-electron chi connectivity index (χ3n) is 6.61. The van der Waals surface area contributed by atoms with Gasteiger partial charge in [0.15, 0.2) is 0 Å². The Morgan fingerprint density at radius 1 is 1.17 bits per heavy atom.